The number of benzene rings is 1. The molecule has 0 amide bonds. The number of hydrogen-bond acceptors (Lipinski definition) is 3. The fourth-order valence-corrected chi connectivity index (χ4v) is 4.18. The molecule has 1 aliphatic rings. The molecule has 0 saturated heterocycles. The van der Waals surface area contributed by atoms with Crippen molar-refractivity contribution in [3.63, 3.8) is 0 Å². The summed E-state index contributed by atoms with van der Waals surface area (Å²) in [6.45, 7) is 1.71. The molecule has 120 valence electrons. The Morgan fingerprint density at radius 3 is 2.59 bits per heavy atom. The van der Waals surface area contributed by atoms with Crippen molar-refractivity contribution in [3.05, 3.63) is 35.4 Å². The van der Waals surface area contributed by atoms with Gasteiger partial charge in [-0.1, -0.05) is 6.07 Å². The van der Waals surface area contributed by atoms with Crippen LogP contribution in [0.25, 0.3) is 0 Å². The van der Waals surface area contributed by atoms with Gasteiger partial charge in [0, 0.05) is 6.04 Å². The fraction of sp³-hybridized carbons (Fsp3) is 0.533. The lowest BCUT2D eigenvalue weighted by molar-refractivity contribution is 0.505. The Kier molecular flexibility index (Phi) is 4.83. The number of nitrogens with one attached hydrogen (secondary N) is 1. The molecule has 0 unspecified atom stereocenters. The molecule has 1 fully saturated rings. The highest BCUT2D eigenvalue weighted by Crippen LogP contribution is 2.45. The maximum absolute atomic E-state index is 13.1. The molecule has 0 spiro atoms. The number of nitriles is 1. The number of hydrogen-bond donors (Lipinski definition) is 1. The first-order valence-corrected chi connectivity index (χ1v) is 8.76. The highest BCUT2D eigenvalue weighted by atomic mass is 32.2. The predicted molar refractivity (Wildman–Crippen MR) is 78.3 cm³/mol. The first-order chi connectivity index (χ1) is 10.3. The second kappa shape index (κ2) is 6.31. The van der Waals surface area contributed by atoms with Crippen LogP contribution < -0.4 is 4.72 Å². The van der Waals surface area contributed by atoms with Crippen molar-refractivity contribution in [2.75, 3.05) is 5.75 Å². The molecule has 7 heteroatoms. The van der Waals surface area contributed by atoms with Crippen LogP contribution in [-0.4, -0.2) is 20.2 Å². The van der Waals surface area contributed by atoms with Gasteiger partial charge < -0.3 is 0 Å². The van der Waals surface area contributed by atoms with Gasteiger partial charge in [0.15, 0.2) is 11.6 Å². The van der Waals surface area contributed by atoms with E-state index in [4.69, 9.17) is 5.26 Å². The first kappa shape index (κ1) is 16.8. The Balaban J connectivity index is 1.86. The van der Waals surface area contributed by atoms with Crippen LogP contribution in [0, 0.1) is 28.4 Å². The maximum atomic E-state index is 13.1. The summed E-state index contributed by atoms with van der Waals surface area (Å²) in [5.41, 5.74) is -0.105. The van der Waals surface area contributed by atoms with E-state index in [9.17, 15) is 17.2 Å². The highest BCUT2D eigenvalue weighted by Gasteiger charge is 2.47. The third-order valence-electron chi connectivity index (χ3n) is 3.79. The zero-order valence-electron chi connectivity index (χ0n) is 12.3. The van der Waals surface area contributed by atoms with Crippen LogP contribution in [0.4, 0.5) is 8.78 Å². The standard InChI is InChI=1S/C15H18F2N2O2S/c1-11(2-3-12-4-5-13(16)14(17)8-12)19-22(20,21)10-15(9-18)6-7-15/h4-5,8,11,19H,2-3,6-7,10H2,1H3/t11-/m1/s1. The van der Waals surface area contributed by atoms with Gasteiger partial charge in [-0.3, -0.25) is 0 Å². The largest absolute Gasteiger partial charge is 0.213 e. The fourth-order valence-electron chi connectivity index (χ4n) is 2.29. The third-order valence-corrected chi connectivity index (χ3v) is 5.48. The summed E-state index contributed by atoms with van der Waals surface area (Å²) in [5.74, 6) is -1.98. The monoisotopic (exact) mass is 328 g/mol. The Morgan fingerprint density at radius 1 is 1.36 bits per heavy atom. The Morgan fingerprint density at radius 2 is 2.05 bits per heavy atom. The lowest BCUT2D eigenvalue weighted by Gasteiger charge is -2.15. The molecule has 0 heterocycles. The van der Waals surface area contributed by atoms with E-state index in [2.05, 4.69) is 10.8 Å². The van der Waals surface area contributed by atoms with Gasteiger partial charge in [0.2, 0.25) is 10.0 Å². The molecule has 1 atom stereocenters. The Hall–Kier alpha value is -1.52. The predicted octanol–water partition coefficient (Wildman–Crippen LogP) is 2.51. The SMILES string of the molecule is C[C@H](CCc1ccc(F)c(F)c1)NS(=O)(=O)CC1(C#N)CC1. The minimum absolute atomic E-state index is 0.175. The van der Waals surface area contributed by atoms with E-state index in [-0.39, 0.29) is 11.8 Å². The molecule has 1 saturated carbocycles. The van der Waals surface area contributed by atoms with Crippen molar-refractivity contribution in [2.24, 2.45) is 5.41 Å². The van der Waals surface area contributed by atoms with Crippen molar-refractivity contribution >= 4 is 10.0 Å². The van der Waals surface area contributed by atoms with Gasteiger partial charge in [0.05, 0.1) is 17.2 Å². The van der Waals surface area contributed by atoms with Crippen molar-refractivity contribution in [1.82, 2.24) is 4.72 Å². The molecule has 1 aliphatic carbocycles. The summed E-state index contributed by atoms with van der Waals surface area (Å²) in [6.07, 6.45) is 2.13. The minimum atomic E-state index is -3.51. The van der Waals surface area contributed by atoms with E-state index >= 15 is 0 Å². The average Bonchev–Trinajstić information content (AvgIpc) is 3.19. The van der Waals surface area contributed by atoms with Crippen LogP contribution in [0.15, 0.2) is 18.2 Å². The quantitative estimate of drug-likeness (QED) is 0.836. The maximum Gasteiger partial charge on any atom is 0.213 e. The first-order valence-electron chi connectivity index (χ1n) is 7.10. The Bertz CT molecular complexity index is 694. The van der Waals surface area contributed by atoms with Crippen LogP contribution in [0.5, 0.6) is 0 Å². The zero-order valence-corrected chi connectivity index (χ0v) is 13.1. The zero-order chi connectivity index (χ0) is 16.4. The summed E-state index contributed by atoms with van der Waals surface area (Å²) >= 11 is 0. The molecular weight excluding hydrogens is 310 g/mol. The molecule has 22 heavy (non-hydrogen) atoms. The number of nitrogens with zero attached hydrogens (tertiary/aromatic N) is 1. The molecule has 2 rings (SSSR count). The van der Waals surface area contributed by atoms with E-state index < -0.39 is 27.1 Å². The molecule has 1 N–H and O–H groups in total. The van der Waals surface area contributed by atoms with Crippen LogP contribution in [0.2, 0.25) is 0 Å². The number of sulfonamides is 1. The van der Waals surface area contributed by atoms with Gasteiger partial charge >= 0.3 is 0 Å². The van der Waals surface area contributed by atoms with Crippen LogP contribution in [0.3, 0.4) is 0 Å². The van der Waals surface area contributed by atoms with E-state index in [0.29, 0.717) is 31.2 Å². The lowest BCUT2D eigenvalue weighted by Crippen LogP contribution is -2.36. The average molecular weight is 328 g/mol. The van der Waals surface area contributed by atoms with Crippen molar-refractivity contribution in [3.8, 4) is 6.07 Å². The molecule has 1 aromatic carbocycles. The van der Waals surface area contributed by atoms with Gasteiger partial charge in [-0.15, -0.1) is 0 Å². The van der Waals surface area contributed by atoms with Crippen molar-refractivity contribution < 1.29 is 17.2 Å². The van der Waals surface area contributed by atoms with Crippen molar-refractivity contribution in [1.29, 1.82) is 5.26 Å². The molecular formula is C15H18F2N2O2S. The van der Waals surface area contributed by atoms with Gasteiger partial charge in [0.1, 0.15) is 0 Å². The van der Waals surface area contributed by atoms with Crippen LogP contribution in [-0.2, 0) is 16.4 Å². The van der Waals surface area contributed by atoms with Crippen LogP contribution in [0.1, 0.15) is 31.7 Å². The molecule has 0 bridgehead atoms. The van der Waals surface area contributed by atoms with Gasteiger partial charge in [0.25, 0.3) is 0 Å². The number of aryl methyl sites for hydroxylation is 1. The summed E-state index contributed by atoms with van der Waals surface area (Å²) in [4.78, 5) is 0. The normalized spacial score (nSPS) is 17.7. The molecule has 4 nitrogen and oxygen atoms in total. The van der Waals surface area contributed by atoms with Crippen molar-refractivity contribution in [2.45, 2.75) is 38.6 Å². The number of halogens is 2. The summed E-state index contributed by atoms with van der Waals surface area (Å²) in [7, 11) is -3.51. The highest BCUT2D eigenvalue weighted by molar-refractivity contribution is 7.89. The second-order valence-electron chi connectivity index (χ2n) is 5.96. The number of rotatable bonds is 7. The second-order valence-corrected chi connectivity index (χ2v) is 7.71. The molecule has 0 aromatic heterocycles. The summed E-state index contributed by atoms with van der Waals surface area (Å²) < 4.78 is 52.4. The van der Waals surface area contributed by atoms with Gasteiger partial charge in [-0.2, -0.15) is 5.26 Å². The smallest absolute Gasteiger partial charge is 0.212 e. The Labute approximate surface area is 129 Å². The van der Waals surface area contributed by atoms with E-state index in [1.807, 2.05) is 0 Å². The van der Waals surface area contributed by atoms with Gasteiger partial charge in [-0.25, -0.2) is 21.9 Å². The topological polar surface area (TPSA) is 70.0 Å². The molecule has 0 aliphatic heterocycles. The lowest BCUT2D eigenvalue weighted by atomic mass is 10.1. The van der Waals surface area contributed by atoms with Gasteiger partial charge in [-0.05, 0) is 50.3 Å². The minimum Gasteiger partial charge on any atom is -0.212 e. The van der Waals surface area contributed by atoms with E-state index in [1.54, 1.807) is 6.92 Å². The molecule has 0 radical (unpaired) electrons. The summed E-state index contributed by atoms with van der Waals surface area (Å²) in [5, 5.41) is 8.95. The molecule has 1 aromatic rings. The third kappa shape index (κ3) is 4.49. The summed E-state index contributed by atoms with van der Waals surface area (Å²) in [6, 6.07) is 5.37. The van der Waals surface area contributed by atoms with Crippen LogP contribution >= 0.6 is 0 Å². The van der Waals surface area contributed by atoms with E-state index in [0.717, 1.165) is 12.1 Å². The van der Waals surface area contributed by atoms with E-state index in [1.165, 1.54) is 6.07 Å².